The lowest BCUT2D eigenvalue weighted by Gasteiger charge is -2.10. The second-order valence-electron chi connectivity index (χ2n) is 7.09. The summed E-state index contributed by atoms with van der Waals surface area (Å²) < 4.78 is 5.22. The van der Waals surface area contributed by atoms with E-state index < -0.39 is 5.97 Å². The lowest BCUT2D eigenvalue weighted by molar-refractivity contribution is -0.128. The fourth-order valence-corrected chi connectivity index (χ4v) is 3.17. The fourth-order valence-electron chi connectivity index (χ4n) is 3.17. The highest BCUT2D eigenvalue weighted by Crippen LogP contribution is 2.18. The highest BCUT2D eigenvalue weighted by Gasteiger charge is 2.10. The van der Waals surface area contributed by atoms with Crippen molar-refractivity contribution in [3.05, 3.63) is 120 Å². The van der Waals surface area contributed by atoms with Crippen LogP contribution in [0.5, 0.6) is 5.75 Å². The Labute approximate surface area is 186 Å². The summed E-state index contributed by atoms with van der Waals surface area (Å²) in [4.78, 5) is 25.4. The van der Waals surface area contributed by atoms with Gasteiger partial charge >= 0.3 is 5.97 Å². The topological polar surface area (TPSA) is 77.0 Å². The lowest BCUT2D eigenvalue weighted by Crippen LogP contribution is -2.09. The monoisotopic (exact) mass is 422 g/mol. The van der Waals surface area contributed by atoms with Crippen LogP contribution in [-0.4, -0.2) is 20.9 Å². The van der Waals surface area contributed by atoms with Crippen molar-refractivity contribution >= 4 is 17.6 Å². The van der Waals surface area contributed by atoms with Crippen molar-refractivity contribution in [2.75, 3.05) is 5.32 Å². The number of nitrogens with one attached hydrogen (secondary N) is 1. The Hall–Kier alpha value is -4.32. The molecule has 4 aromatic rings. The molecule has 0 bridgehead atoms. The molecule has 0 radical (unpaired) electrons. The molecule has 1 aromatic heterocycles. The van der Waals surface area contributed by atoms with Gasteiger partial charge in [-0.3, -0.25) is 0 Å². The quantitative estimate of drug-likeness (QED) is 0.248. The van der Waals surface area contributed by atoms with Gasteiger partial charge in [-0.15, -0.1) is 0 Å². The fraction of sp³-hybridized carbons (Fsp3) is 0.0769. The molecule has 3 aromatic carbocycles. The van der Waals surface area contributed by atoms with E-state index in [1.54, 1.807) is 12.1 Å². The van der Waals surface area contributed by atoms with Gasteiger partial charge in [0.05, 0.1) is 0 Å². The van der Waals surface area contributed by atoms with Crippen LogP contribution in [-0.2, 0) is 17.6 Å². The van der Waals surface area contributed by atoms with Gasteiger partial charge in [-0.1, -0.05) is 67.2 Å². The Morgan fingerprint density at radius 1 is 0.812 bits per heavy atom. The number of aromatic nitrogens is 3. The Morgan fingerprint density at radius 2 is 1.44 bits per heavy atom. The van der Waals surface area contributed by atoms with E-state index in [-0.39, 0.29) is 0 Å². The van der Waals surface area contributed by atoms with E-state index in [1.807, 2.05) is 72.8 Å². The maximum absolute atomic E-state index is 11.5. The van der Waals surface area contributed by atoms with Crippen LogP contribution in [0.2, 0.25) is 0 Å². The summed E-state index contributed by atoms with van der Waals surface area (Å²) in [5, 5.41) is 3.26. The highest BCUT2D eigenvalue weighted by molar-refractivity contribution is 5.83. The smallest absolute Gasteiger partial charge is 0.335 e. The minimum absolute atomic E-state index is 0.452. The molecule has 32 heavy (non-hydrogen) atoms. The summed E-state index contributed by atoms with van der Waals surface area (Å²) in [6.07, 6.45) is 2.19. The van der Waals surface area contributed by atoms with Gasteiger partial charge in [-0.25, -0.2) is 9.78 Å². The highest BCUT2D eigenvalue weighted by atomic mass is 16.5. The number of carbonyl (C=O) groups is 1. The number of nitrogens with zero attached hydrogens (tertiary/aromatic N) is 3. The molecule has 0 atom stereocenters. The van der Waals surface area contributed by atoms with E-state index in [9.17, 15) is 4.79 Å². The summed E-state index contributed by atoms with van der Waals surface area (Å²) >= 11 is 0. The van der Waals surface area contributed by atoms with Crippen molar-refractivity contribution in [3.63, 3.8) is 0 Å². The second kappa shape index (κ2) is 10.1. The maximum Gasteiger partial charge on any atom is 0.335 e. The van der Waals surface area contributed by atoms with E-state index in [1.165, 1.54) is 0 Å². The second-order valence-corrected chi connectivity index (χ2v) is 7.09. The SMILES string of the molecule is C=CC(=O)Oc1cccc(Cc2nc(Cc3ccccc3)nc(Nc3ccccc3)n2)c1. The Balaban J connectivity index is 1.62. The van der Waals surface area contributed by atoms with Crippen molar-refractivity contribution < 1.29 is 9.53 Å². The number of ether oxygens (including phenoxy) is 1. The molecule has 0 unspecified atom stereocenters. The van der Waals surface area contributed by atoms with Crippen molar-refractivity contribution in [1.82, 2.24) is 15.0 Å². The first kappa shape index (κ1) is 20.9. The van der Waals surface area contributed by atoms with Crippen molar-refractivity contribution in [2.24, 2.45) is 0 Å². The first-order valence-electron chi connectivity index (χ1n) is 10.2. The van der Waals surface area contributed by atoms with Crippen LogP contribution in [0, 0.1) is 0 Å². The van der Waals surface area contributed by atoms with Crippen LogP contribution in [0.15, 0.2) is 97.6 Å². The normalized spacial score (nSPS) is 10.4. The first-order valence-corrected chi connectivity index (χ1v) is 10.2. The van der Waals surface area contributed by atoms with Crippen LogP contribution in [0.25, 0.3) is 0 Å². The zero-order valence-corrected chi connectivity index (χ0v) is 17.4. The molecule has 0 fully saturated rings. The summed E-state index contributed by atoms with van der Waals surface area (Å²) in [6, 6.07) is 27.1. The molecule has 0 amide bonds. The molecule has 6 heteroatoms. The van der Waals surface area contributed by atoms with Gasteiger partial charge in [0.2, 0.25) is 5.95 Å². The molecular formula is C26H22N4O2. The van der Waals surface area contributed by atoms with E-state index in [0.717, 1.165) is 22.9 Å². The summed E-state index contributed by atoms with van der Waals surface area (Å²) in [6.45, 7) is 3.43. The van der Waals surface area contributed by atoms with E-state index in [4.69, 9.17) is 4.74 Å². The van der Waals surface area contributed by atoms with Crippen LogP contribution in [0.1, 0.15) is 22.8 Å². The third-order valence-corrected chi connectivity index (χ3v) is 4.61. The number of anilines is 2. The van der Waals surface area contributed by atoms with Gasteiger partial charge < -0.3 is 10.1 Å². The van der Waals surface area contributed by atoms with Crippen molar-refractivity contribution in [3.8, 4) is 5.75 Å². The van der Waals surface area contributed by atoms with Gasteiger partial charge in [-0.2, -0.15) is 9.97 Å². The first-order chi connectivity index (χ1) is 15.7. The van der Waals surface area contributed by atoms with Gasteiger partial charge in [0.15, 0.2) is 0 Å². The zero-order chi connectivity index (χ0) is 22.2. The van der Waals surface area contributed by atoms with E-state index in [2.05, 4.69) is 26.8 Å². The zero-order valence-electron chi connectivity index (χ0n) is 17.4. The Kier molecular flexibility index (Phi) is 6.63. The Morgan fingerprint density at radius 3 is 2.12 bits per heavy atom. The molecule has 0 saturated heterocycles. The average Bonchev–Trinajstić information content (AvgIpc) is 2.80. The van der Waals surface area contributed by atoms with Crippen LogP contribution < -0.4 is 10.1 Å². The van der Waals surface area contributed by atoms with E-state index >= 15 is 0 Å². The standard InChI is InChI=1S/C26H22N4O2/c1-2-25(31)32-22-15-9-12-20(16-22)18-24-28-23(17-19-10-5-3-6-11-19)29-26(30-24)27-21-13-7-4-8-14-21/h2-16H,1,17-18H2,(H,27,28,29,30). The number of hydrogen-bond acceptors (Lipinski definition) is 6. The molecule has 4 rings (SSSR count). The van der Waals surface area contributed by atoms with Crippen molar-refractivity contribution in [2.45, 2.75) is 12.8 Å². The molecule has 0 aliphatic heterocycles. The van der Waals surface area contributed by atoms with Gasteiger partial charge in [0.1, 0.15) is 17.4 Å². The average molecular weight is 422 g/mol. The van der Waals surface area contributed by atoms with Gasteiger partial charge in [-0.05, 0) is 35.4 Å². The molecule has 0 spiro atoms. The van der Waals surface area contributed by atoms with Crippen LogP contribution in [0.3, 0.4) is 0 Å². The minimum atomic E-state index is -0.498. The number of para-hydroxylation sites is 1. The number of esters is 1. The molecule has 0 saturated carbocycles. The summed E-state index contributed by atoms with van der Waals surface area (Å²) in [5.41, 5.74) is 2.93. The third kappa shape index (κ3) is 5.86. The number of benzene rings is 3. The minimum Gasteiger partial charge on any atom is -0.423 e. The molecular weight excluding hydrogens is 400 g/mol. The summed E-state index contributed by atoms with van der Waals surface area (Å²) in [5.74, 6) is 1.74. The molecule has 0 aliphatic carbocycles. The van der Waals surface area contributed by atoms with Crippen LogP contribution in [0.4, 0.5) is 11.6 Å². The van der Waals surface area contributed by atoms with Crippen molar-refractivity contribution in [1.29, 1.82) is 0 Å². The number of rotatable bonds is 8. The summed E-state index contributed by atoms with van der Waals surface area (Å²) in [7, 11) is 0. The Bertz CT molecular complexity index is 1150. The predicted molar refractivity (Wildman–Crippen MR) is 124 cm³/mol. The molecule has 0 aliphatic rings. The van der Waals surface area contributed by atoms with Gasteiger partial charge in [0, 0.05) is 24.6 Å². The molecule has 6 nitrogen and oxygen atoms in total. The van der Waals surface area contributed by atoms with E-state index in [0.29, 0.717) is 36.2 Å². The lowest BCUT2D eigenvalue weighted by atomic mass is 10.1. The molecule has 1 N–H and O–H groups in total. The predicted octanol–water partition coefficient (Wildman–Crippen LogP) is 4.89. The number of hydrogen-bond donors (Lipinski definition) is 1. The van der Waals surface area contributed by atoms with Gasteiger partial charge in [0.25, 0.3) is 0 Å². The molecule has 1 heterocycles. The van der Waals surface area contributed by atoms with Crippen LogP contribution >= 0.6 is 0 Å². The molecule has 158 valence electrons. The number of carbonyl (C=O) groups excluding carboxylic acids is 1. The third-order valence-electron chi connectivity index (χ3n) is 4.61. The maximum atomic E-state index is 11.5. The largest absolute Gasteiger partial charge is 0.423 e.